The van der Waals surface area contributed by atoms with Gasteiger partial charge in [0.1, 0.15) is 6.04 Å². The van der Waals surface area contributed by atoms with Crippen molar-refractivity contribution in [2.24, 2.45) is 0 Å². The molecule has 1 aromatic carbocycles. The van der Waals surface area contributed by atoms with E-state index in [0.29, 0.717) is 4.47 Å². The van der Waals surface area contributed by atoms with Gasteiger partial charge >= 0.3 is 11.9 Å². The predicted molar refractivity (Wildman–Crippen MR) is 77.4 cm³/mol. The fourth-order valence-electron chi connectivity index (χ4n) is 1.36. The first-order chi connectivity index (χ1) is 9.35. The summed E-state index contributed by atoms with van der Waals surface area (Å²) in [6, 6.07) is 3.49. The summed E-state index contributed by atoms with van der Waals surface area (Å²) in [5, 5.41) is 11.3. The molecule has 1 aromatic rings. The van der Waals surface area contributed by atoms with Gasteiger partial charge in [0.15, 0.2) is 0 Å². The van der Waals surface area contributed by atoms with Gasteiger partial charge < -0.3 is 15.2 Å². The van der Waals surface area contributed by atoms with Crippen LogP contribution < -0.4 is 5.32 Å². The van der Waals surface area contributed by atoms with Crippen LogP contribution in [-0.4, -0.2) is 36.1 Å². The van der Waals surface area contributed by atoms with Gasteiger partial charge in [-0.2, -0.15) is 0 Å². The van der Waals surface area contributed by atoms with Gasteiger partial charge in [-0.25, -0.2) is 4.79 Å². The number of carbonyl (C=O) groups excluding carboxylic acids is 2. The van der Waals surface area contributed by atoms with E-state index >= 15 is 0 Å². The van der Waals surface area contributed by atoms with Crippen molar-refractivity contribution < 1.29 is 24.2 Å². The largest absolute Gasteiger partial charge is 0.480 e. The van der Waals surface area contributed by atoms with Crippen molar-refractivity contribution in [3.8, 4) is 0 Å². The molecule has 0 aliphatic carbocycles. The Morgan fingerprint density at radius 1 is 1.35 bits per heavy atom. The molecule has 0 radical (unpaired) electrons. The number of benzene rings is 1. The Morgan fingerprint density at radius 2 is 2.00 bits per heavy atom. The van der Waals surface area contributed by atoms with Crippen molar-refractivity contribution in [1.82, 2.24) is 5.32 Å². The Kier molecular flexibility index (Phi) is 6.15. The van der Waals surface area contributed by atoms with Crippen LogP contribution in [0.3, 0.4) is 0 Å². The molecule has 2 N–H and O–H groups in total. The third kappa shape index (κ3) is 4.61. The summed E-state index contributed by atoms with van der Waals surface area (Å²) >= 11 is 6.45. The molecule has 1 atom stereocenters. The minimum atomic E-state index is -1.34. The summed E-state index contributed by atoms with van der Waals surface area (Å²) in [4.78, 5) is 34.1. The van der Waals surface area contributed by atoms with E-state index in [0.717, 1.165) is 11.6 Å². The number of esters is 1. The van der Waals surface area contributed by atoms with E-state index in [1.54, 1.807) is 12.1 Å². The van der Waals surface area contributed by atoms with Crippen molar-refractivity contribution in [3.05, 3.63) is 32.7 Å². The maximum absolute atomic E-state index is 12.0. The van der Waals surface area contributed by atoms with E-state index in [9.17, 15) is 14.4 Å². The van der Waals surface area contributed by atoms with E-state index in [-0.39, 0.29) is 5.56 Å². The van der Waals surface area contributed by atoms with Crippen LogP contribution in [0.1, 0.15) is 16.8 Å². The molecule has 0 aromatic heterocycles. The second kappa shape index (κ2) is 7.39. The number of carbonyl (C=O) groups is 3. The second-order valence-electron chi connectivity index (χ2n) is 3.77. The van der Waals surface area contributed by atoms with E-state index < -0.39 is 30.3 Å². The minimum absolute atomic E-state index is 0.268. The lowest BCUT2D eigenvalue weighted by Crippen LogP contribution is -2.42. The molecular formula is C12H11Br2NO5. The van der Waals surface area contributed by atoms with Crippen molar-refractivity contribution in [3.63, 3.8) is 0 Å². The number of nitrogens with one attached hydrogen (secondary N) is 1. The number of carboxylic acids is 1. The van der Waals surface area contributed by atoms with Gasteiger partial charge in [-0.05, 0) is 34.1 Å². The third-order valence-corrected chi connectivity index (χ3v) is 3.53. The molecule has 0 heterocycles. The quantitative estimate of drug-likeness (QED) is 0.726. The molecule has 1 rings (SSSR count). The smallest absolute Gasteiger partial charge is 0.326 e. The topological polar surface area (TPSA) is 92.7 Å². The highest BCUT2D eigenvalue weighted by Gasteiger charge is 2.24. The Hall–Kier alpha value is -1.41. The maximum Gasteiger partial charge on any atom is 0.326 e. The van der Waals surface area contributed by atoms with Gasteiger partial charge in [0.2, 0.25) is 0 Å². The molecule has 0 unspecified atom stereocenters. The summed E-state index contributed by atoms with van der Waals surface area (Å²) in [6.07, 6.45) is -0.439. The van der Waals surface area contributed by atoms with E-state index in [1.165, 1.54) is 6.07 Å². The SMILES string of the molecule is COC(=O)C[C@H](NC(=O)c1ccc(Br)cc1Br)C(=O)O. The van der Waals surface area contributed by atoms with Crippen molar-refractivity contribution >= 4 is 49.7 Å². The van der Waals surface area contributed by atoms with Crippen LogP contribution in [0, 0.1) is 0 Å². The number of methoxy groups -OCH3 is 1. The van der Waals surface area contributed by atoms with Crippen molar-refractivity contribution in [2.45, 2.75) is 12.5 Å². The average molecular weight is 409 g/mol. The van der Waals surface area contributed by atoms with Crippen LogP contribution in [0.25, 0.3) is 0 Å². The molecule has 1 amide bonds. The van der Waals surface area contributed by atoms with Crippen molar-refractivity contribution in [1.29, 1.82) is 0 Å². The number of rotatable bonds is 5. The number of amides is 1. The van der Waals surface area contributed by atoms with Gasteiger partial charge in [-0.15, -0.1) is 0 Å². The Labute approximate surface area is 131 Å². The number of halogens is 2. The first-order valence-corrected chi connectivity index (χ1v) is 6.99. The van der Waals surface area contributed by atoms with Gasteiger partial charge in [0.05, 0.1) is 19.1 Å². The minimum Gasteiger partial charge on any atom is -0.480 e. The van der Waals surface area contributed by atoms with E-state index in [1.807, 2.05) is 0 Å². The summed E-state index contributed by atoms with van der Waals surface area (Å²) in [6.45, 7) is 0. The highest BCUT2D eigenvalue weighted by molar-refractivity contribution is 9.11. The second-order valence-corrected chi connectivity index (χ2v) is 5.54. The van der Waals surface area contributed by atoms with Crippen LogP contribution in [0.2, 0.25) is 0 Å². The number of aliphatic carboxylic acids is 1. The molecule has 0 aliphatic heterocycles. The molecule has 20 heavy (non-hydrogen) atoms. The molecular weight excluding hydrogens is 398 g/mol. The highest BCUT2D eigenvalue weighted by atomic mass is 79.9. The van der Waals surface area contributed by atoms with Crippen LogP contribution >= 0.6 is 31.9 Å². The first-order valence-electron chi connectivity index (χ1n) is 5.40. The molecule has 108 valence electrons. The fourth-order valence-corrected chi connectivity index (χ4v) is 2.59. The number of hydrogen-bond acceptors (Lipinski definition) is 4. The lowest BCUT2D eigenvalue weighted by Gasteiger charge is -2.14. The van der Waals surface area contributed by atoms with Crippen LogP contribution in [0.5, 0.6) is 0 Å². The van der Waals surface area contributed by atoms with Crippen LogP contribution in [-0.2, 0) is 14.3 Å². The first kappa shape index (κ1) is 16.6. The fraction of sp³-hybridized carbons (Fsp3) is 0.250. The van der Waals surface area contributed by atoms with Gasteiger partial charge in [-0.1, -0.05) is 15.9 Å². The monoisotopic (exact) mass is 407 g/mol. The predicted octanol–water partition coefficient (Wildman–Crippen LogP) is 1.96. The zero-order valence-corrected chi connectivity index (χ0v) is 13.5. The van der Waals surface area contributed by atoms with Gasteiger partial charge in [0, 0.05) is 8.95 Å². The Bertz CT molecular complexity index is 547. The average Bonchev–Trinajstić information content (AvgIpc) is 2.37. The number of carboxylic acid groups (broad SMARTS) is 1. The molecule has 6 nitrogen and oxygen atoms in total. The van der Waals surface area contributed by atoms with E-state index in [4.69, 9.17) is 5.11 Å². The lowest BCUT2D eigenvalue weighted by molar-refractivity contribution is -0.147. The zero-order chi connectivity index (χ0) is 15.3. The highest BCUT2D eigenvalue weighted by Crippen LogP contribution is 2.22. The van der Waals surface area contributed by atoms with E-state index in [2.05, 4.69) is 41.9 Å². The van der Waals surface area contributed by atoms with Gasteiger partial charge in [0.25, 0.3) is 5.91 Å². The number of ether oxygens (including phenoxy) is 1. The third-order valence-electron chi connectivity index (χ3n) is 2.38. The van der Waals surface area contributed by atoms with Crippen LogP contribution in [0.15, 0.2) is 27.1 Å². The molecule has 0 bridgehead atoms. The molecule has 0 aliphatic rings. The standard InChI is InChI=1S/C12H11Br2NO5/c1-20-10(16)5-9(12(18)19)15-11(17)7-3-2-6(13)4-8(7)14/h2-4,9H,5H2,1H3,(H,15,17)(H,18,19)/t9-/m0/s1. The lowest BCUT2D eigenvalue weighted by atomic mass is 10.1. The molecule has 0 saturated carbocycles. The molecule has 0 spiro atoms. The summed E-state index contributed by atoms with van der Waals surface area (Å²) in [5.74, 6) is -2.62. The summed E-state index contributed by atoms with van der Waals surface area (Å²) in [7, 11) is 1.15. The normalized spacial score (nSPS) is 11.6. The summed E-state index contributed by atoms with van der Waals surface area (Å²) in [5.41, 5.74) is 0.268. The van der Waals surface area contributed by atoms with Gasteiger partial charge in [-0.3, -0.25) is 9.59 Å². The van der Waals surface area contributed by atoms with Crippen molar-refractivity contribution in [2.75, 3.05) is 7.11 Å². The maximum atomic E-state index is 12.0. The Balaban J connectivity index is 2.85. The van der Waals surface area contributed by atoms with Crippen LogP contribution in [0.4, 0.5) is 0 Å². The Morgan fingerprint density at radius 3 is 2.50 bits per heavy atom. The zero-order valence-electron chi connectivity index (χ0n) is 10.4. The molecule has 8 heteroatoms. The number of hydrogen-bond donors (Lipinski definition) is 2. The molecule has 0 saturated heterocycles. The molecule has 0 fully saturated rings. The summed E-state index contributed by atoms with van der Waals surface area (Å²) < 4.78 is 5.66.